The second-order valence-corrected chi connectivity index (χ2v) is 9.78. The van der Waals surface area contributed by atoms with E-state index in [1.54, 1.807) is 25.3 Å². The summed E-state index contributed by atoms with van der Waals surface area (Å²) >= 11 is 6.05. The Labute approximate surface area is 234 Å². The van der Waals surface area contributed by atoms with Crippen LogP contribution in [0.2, 0.25) is 5.02 Å². The number of methoxy groups -OCH3 is 1. The fourth-order valence-electron chi connectivity index (χ4n) is 4.68. The van der Waals surface area contributed by atoms with E-state index in [9.17, 15) is 0 Å². The molecule has 1 atom stereocenters. The van der Waals surface area contributed by atoms with Gasteiger partial charge in [0.25, 0.3) is 12.0 Å². The van der Waals surface area contributed by atoms with Gasteiger partial charge in [0.05, 0.1) is 18.0 Å². The number of benzene rings is 2. The number of hydrogen-bond donors (Lipinski definition) is 3. The van der Waals surface area contributed by atoms with Crippen LogP contribution in [0.3, 0.4) is 0 Å². The third kappa shape index (κ3) is 5.98. The van der Waals surface area contributed by atoms with Crippen LogP contribution < -0.4 is 11.1 Å². The zero-order valence-electron chi connectivity index (χ0n) is 22.0. The predicted molar refractivity (Wildman–Crippen MR) is 153 cm³/mol. The van der Waals surface area contributed by atoms with Crippen molar-refractivity contribution in [3.05, 3.63) is 53.8 Å². The number of nitrogens with two attached hydrogens (primary N) is 1. The number of fused-ring (bicyclic) bond motifs is 2. The van der Waals surface area contributed by atoms with Crippen LogP contribution in [0.5, 0.6) is 0 Å². The van der Waals surface area contributed by atoms with Crippen molar-refractivity contribution < 1.29 is 19.1 Å². The number of nitrogen functional groups attached to an aromatic ring is 1. The molecule has 12 nitrogen and oxygen atoms in total. The Kier molecular flexibility index (Phi) is 8.10. The zero-order chi connectivity index (χ0) is 28.2. The van der Waals surface area contributed by atoms with E-state index in [1.165, 1.54) is 6.33 Å². The van der Waals surface area contributed by atoms with Gasteiger partial charge in [-0.2, -0.15) is 10.1 Å². The summed E-state index contributed by atoms with van der Waals surface area (Å²) in [5.74, 6) is -0.414. The molecule has 6 rings (SSSR count). The third-order valence-electron chi connectivity index (χ3n) is 6.48. The van der Waals surface area contributed by atoms with E-state index < -0.39 is 5.97 Å². The molecule has 0 radical (unpaired) electrons. The highest BCUT2D eigenvalue weighted by molar-refractivity contribution is 6.31. The molecule has 3 aromatic heterocycles. The largest absolute Gasteiger partial charge is 0.481 e. The van der Waals surface area contributed by atoms with Gasteiger partial charge in [-0.3, -0.25) is 9.69 Å². The number of anilines is 3. The smallest absolute Gasteiger partial charge is 0.300 e. The fourth-order valence-corrected chi connectivity index (χ4v) is 4.84. The summed E-state index contributed by atoms with van der Waals surface area (Å²) in [4.78, 5) is 24.6. The van der Waals surface area contributed by atoms with Crippen molar-refractivity contribution in [1.82, 2.24) is 29.6 Å². The highest BCUT2D eigenvalue weighted by Crippen LogP contribution is 2.34. The van der Waals surface area contributed by atoms with Gasteiger partial charge in [0.1, 0.15) is 23.4 Å². The molecule has 208 valence electrons. The second kappa shape index (κ2) is 11.9. The van der Waals surface area contributed by atoms with Crippen LogP contribution in [0, 0.1) is 0 Å². The van der Waals surface area contributed by atoms with E-state index in [2.05, 4.69) is 25.2 Å². The topological polar surface area (TPSA) is 157 Å². The molecule has 0 amide bonds. The van der Waals surface area contributed by atoms with E-state index in [0.29, 0.717) is 34.6 Å². The number of hydrogen-bond acceptors (Lipinski definition) is 10. The van der Waals surface area contributed by atoms with Crippen molar-refractivity contribution in [2.75, 3.05) is 44.4 Å². The number of rotatable bonds is 7. The average Bonchev–Trinajstić information content (AvgIpc) is 3.64. The predicted octanol–water partition coefficient (Wildman–Crippen LogP) is 4.60. The van der Waals surface area contributed by atoms with E-state index >= 15 is 0 Å². The van der Waals surface area contributed by atoms with Gasteiger partial charge in [-0.1, -0.05) is 23.7 Å². The van der Waals surface area contributed by atoms with Crippen molar-refractivity contribution in [2.45, 2.75) is 19.4 Å². The molecule has 1 unspecified atom stereocenters. The van der Waals surface area contributed by atoms with Gasteiger partial charge < -0.3 is 25.3 Å². The number of carboxylic acids is 1. The molecule has 0 saturated carbocycles. The Morgan fingerprint density at radius 3 is 2.77 bits per heavy atom. The minimum atomic E-state index is -0.833. The number of oxazole rings is 1. The van der Waals surface area contributed by atoms with Gasteiger partial charge in [-0.15, -0.1) is 0 Å². The van der Waals surface area contributed by atoms with Crippen LogP contribution in [0.15, 0.2) is 53.2 Å². The summed E-state index contributed by atoms with van der Waals surface area (Å²) in [6.45, 7) is 4.58. The van der Waals surface area contributed by atoms with E-state index in [1.807, 2.05) is 28.9 Å². The lowest BCUT2D eigenvalue weighted by molar-refractivity contribution is -0.134. The number of likely N-dealkylation sites (tertiary alicyclic amines) is 1. The Balaban J connectivity index is 0.000000758. The molecule has 4 heterocycles. The minimum Gasteiger partial charge on any atom is -0.481 e. The molecule has 13 heteroatoms. The average molecular weight is 565 g/mol. The van der Waals surface area contributed by atoms with E-state index in [4.69, 9.17) is 41.5 Å². The first-order valence-corrected chi connectivity index (χ1v) is 13.0. The number of ether oxygens (including phenoxy) is 1. The molecule has 1 aliphatic rings. The van der Waals surface area contributed by atoms with Crippen LogP contribution in [0.1, 0.15) is 19.4 Å². The summed E-state index contributed by atoms with van der Waals surface area (Å²) in [5, 5.41) is 17.0. The molecule has 0 aliphatic carbocycles. The molecule has 0 spiro atoms. The van der Waals surface area contributed by atoms with Gasteiger partial charge in [0, 0.05) is 49.9 Å². The van der Waals surface area contributed by atoms with Crippen LogP contribution in [0.4, 0.5) is 17.5 Å². The normalized spacial score (nSPS) is 15.3. The molecule has 1 saturated heterocycles. The SMILES string of the molecule is CC(=O)O.COCCN1CCC(n2nc(-c3ccc(Nc4nc5cc(Cl)ccc5o4)cc3)c3c(N)ncnc32)C1. The van der Waals surface area contributed by atoms with Crippen molar-refractivity contribution in [3.8, 4) is 11.3 Å². The molecular weight excluding hydrogens is 536 g/mol. The molecule has 2 aromatic carbocycles. The fraction of sp³-hybridized carbons (Fsp3) is 0.296. The van der Waals surface area contributed by atoms with Crippen LogP contribution >= 0.6 is 11.6 Å². The van der Waals surface area contributed by atoms with Crippen molar-refractivity contribution in [3.63, 3.8) is 0 Å². The number of aromatic nitrogens is 5. The van der Waals surface area contributed by atoms with Crippen molar-refractivity contribution >= 4 is 57.2 Å². The first-order chi connectivity index (χ1) is 19.3. The van der Waals surface area contributed by atoms with Crippen LogP contribution in [-0.4, -0.2) is 74.1 Å². The Morgan fingerprint density at radius 1 is 1.25 bits per heavy atom. The van der Waals surface area contributed by atoms with Crippen LogP contribution in [-0.2, 0) is 9.53 Å². The Hall–Kier alpha value is -4.26. The van der Waals surface area contributed by atoms with Gasteiger partial charge in [-0.05, 0) is 36.8 Å². The summed E-state index contributed by atoms with van der Waals surface area (Å²) < 4.78 is 13.0. The lowest BCUT2D eigenvalue weighted by Gasteiger charge is -2.15. The molecular formula is C27H29ClN8O4. The Morgan fingerprint density at radius 2 is 2.02 bits per heavy atom. The second-order valence-electron chi connectivity index (χ2n) is 9.34. The van der Waals surface area contributed by atoms with E-state index in [0.717, 1.165) is 61.0 Å². The first kappa shape index (κ1) is 27.3. The number of nitrogens with zero attached hydrogens (tertiary/aromatic N) is 6. The zero-order valence-corrected chi connectivity index (χ0v) is 22.8. The molecule has 40 heavy (non-hydrogen) atoms. The maximum atomic E-state index is 9.00. The molecule has 1 aliphatic heterocycles. The Bertz CT molecular complexity index is 1630. The minimum absolute atomic E-state index is 0.209. The maximum Gasteiger partial charge on any atom is 0.300 e. The molecule has 0 bridgehead atoms. The third-order valence-corrected chi connectivity index (χ3v) is 6.72. The summed E-state index contributed by atoms with van der Waals surface area (Å²) in [7, 11) is 1.73. The van der Waals surface area contributed by atoms with Crippen LogP contribution in [0.25, 0.3) is 33.4 Å². The monoisotopic (exact) mass is 564 g/mol. The number of carbonyl (C=O) groups is 1. The van der Waals surface area contributed by atoms with E-state index in [-0.39, 0.29) is 6.04 Å². The van der Waals surface area contributed by atoms with Crippen molar-refractivity contribution in [1.29, 1.82) is 0 Å². The molecule has 4 N–H and O–H groups in total. The van der Waals surface area contributed by atoms with Gasteiger partial charge in [0.2, 0.25) is 0 Å². The number of halogens is 1. The van der Waals surface area contributed by atoms with Crippen molar-refractivity contribution in [2.24, 2.45) is 0 Å². The highest BCUT2D eigenvalue weighted by Gasteiger charge is 2.28. The standard InChI is InChI=1S/C25H25ClN8O2.C2H4O2/c1-35-11-10-33-9-8-18(13-33)34-24-21(23(27)28-14-29-24)22(32-34)15-2-5-17(6-3-15)30-25-31-19-12-16(26)4-7-20(19)36-25;1-2(3)4/h2-7,12,14,18H,8-11,13H2,1H3,(H,30,31)(H2,27,28,29);1H3,(H,3,4). The molecule has 1 fully saturated rings. The summed E-state index contributed by atoms with van der Waals surface area (Å²) in [6, 6.07) is 13.8. The first-order valence-electron chi connectivity index (χ1n) is 12.7. The number of nitrogens with one attached hydrogen (secondary N) is 1. The summed E-state index contributed by atoms with van der Waals surface area (Å²) in [6.07, 6.45) is 2.49. The molecule has 5 aromatic rings. The lowest BCUT2D eigenvalue weighted by atomic mass is 10.1. The highest BCUT2D eigenvalue weighted by atomic mass is 35.5. The van der Waals surface area contributed by atoms with Gasteiger partial charge in [0.15, 0.2) is 11.2 Å². The van der Waals surface area contributed by atoms with Gasteiger partial charge in [-0.25, -0.2) is 14.6 Å². The lowest BCUT2D eigenvalue weighted by Crippen LogP contribution is -2.25. The quantitative estimate of drug-likeness (QED) is 0.254. The number of aliphatic carboxylic acids is 1. The summed E-state index contributed by atoms with van der Waals surface area (Å²) in [5.41, 5.74) is 10.9. The number of carboxylic acid groups (broad SMARTS) is 1. The van der Waals surface area contributed by atoms with Gasteiger partial charge >= 0.3 is 0 Å². The maximum absolute atomic E-state index is 9.00.